The third-order valence-electron chi connectivity index (χ3n) is 7.98. The third kappa shape index (κ3) is 2.66. The topological polar surface area (TPSA) is 82.1 Å². The summed E-state index contributed by atoms with van der Waals surface area (Å²) >= 11 is 0. The lowest BCUT2D eigenvalue weighted by Crippen LogP contribution is -2.74. The lowest BCUT2D eigenvalue weighted by Gasteiger charge is -2.68. The molecule has 7 heteroatoms. The molecule has 6 atom stereocenters. The van der Waals surface area contributed by atoms with Gasteiger partial charge in [0, 0.05) is 0 Å². The van der Waals surface area contributed by atoms with Crippen LogP contribution >= 0.6 is 0 Å². The minimum absolute atomic E-state index is 0.0865. The first-order valence-corrected chi connectivity index (χ1v) is 11.8. The van der Waals surface area contributed by atoms with Crippen LogP contribution in [0, 0.1) is 23.7 Å². The van der Waals surface area contributed by atoms with Gasteiger partial charge in [0.2, 0.25) is 0 Å². The van der Waals surface area contributed by atoms with E-state index in [1.165, 1.54) is 44.6 Å². The monoisotopic (exact) mass is 408 g/mol. The smallest absolute Gasteiger partial charge is 0.362 e. The van der Waals surface area contributed by atoms with Gasteiger partial charge in [-0.25, -0.2) is 9.78 Å². The molecule has 0 aromatic heterocycles. The van der Waals surface area contributed by atoms with E-state index in [4.69, 9.17) is 18.5 Å². The first-order valence-electron chi connectivity index (χ1n) is 10.5. The summed E-state index contributed by atoms with van der Waals surface area (Å²) in [6, 6.07) is 6.84. The van der Waals surface area contributed by atoms with Crippen molar-refractivity contribution in [3.8, 4) is 5.75 Å². The second-order valence-electron chi connectivity index (χ2n) is 9.21. The van der Waals surface area contributed by atoms with Crippen LogP contribution in [0.1, 0.15) is 63.9 Å². The van der Waals surface area contributed by atoms with Gasteiger partial charge in [-0.05, 0) is 74.0 Å². The van der Waals surface area contributed by atoms with E-state index in [0.717, 1.165) is 24.3 Å². The summed E-state index contributed by atoms with van der Waals surface area (Å²) in [5, 5.41) is 0. The minimum Gasteiger partial charge on any atom is -0.362 e. The van der Waals surface area contributed by atoms with Crippen molar-refractivity contribution in [1.29, 1.82) is 0 Å². The van der Waals surface area contributed by atoms with Crippen molar-refractivity contribution in [2.75, 3.05) is 0 Å². The molecule has 2 bridgehead atoms. The Labute approximate surface area is 166 Å². The van der Waals surface area contributed by atoms with Crippen LogP contribution in [0.3, 0.4) is 0 Å². The van der Waals surface area contributed by atoms with E-state index in [9.17, 15) is 8.42 Å². The average molecular weight is 409 g/mol. The van der Waals surface area contributed by atoms with Crippen LogP contribution in [0.4, 0.5) is 0 Å². The largest absolute Gasteiger partial charge is 0.446 e. The van der Waals surface area contributed by atoms with Gasteiger partial charge in [-0.2, -0.15) is 8.42 Å². The van der Waals surface area contributed by atoms with Gasteiger partial charge in [0.05, 0.1) is 0 Å². The van der Waals surface area contributed by atoms with Crippen molar-refractivity contribution in [3.63, 3.8) is 0 Å². The van der Waals surface area contributed by atoms with Crippen LogP contribution in [-0.4, -0.2) is 18.6 Å². The molecule has 3 saturated carbocycles. The fourth-order valence-corrected chi connectivity index (χ4v) is 7.29. The Hall–Kier alpha value is -1.15. The molecule has 4 fully saturated rings. The van der Waals surface area contributed by atoms with Crippen LogP contribution in [0.25, 0.3) is 0 Å². The van der Waals surface area contributed by atoms with Gasteiger partial charge in [-0.15, -0.1) is 0 Å². The van der Waals surface area contributed by atoms with E-state index in [1.807, 2.05) is 6.07 Å². The zero-order chi connectivity index (χ0) is 19.6. The summed E-state index contributed by atoms with van der Waals surface area (Å²) in [5.41, 5.74) is -0.171. The molecule has 28 heavy (non-hydrogen) atoms. The van der Waals surface area contributed by atoms with E-state index >= 15 is 0 Å². The highest BCUT2D eigenvalue weighted by molar-refractivity contribution is 7.81. The molecule has 6 unspecified atom stereocenters. The molecular formula is C21H28O6S. The maximum absolute atomic E-state index is 11.1. The first kappa shape index (κ1) is 18.9. The SMILES string of the molecule is CC1(c2cccc(OS(=O)(=O)O)c2)OOC12C1CCCC2C2CCCCC2C1. The highest BCUT2D eigenvalue weighted by atomic mass is 32.3. The summed E-state index contributed by atoms with van der Waals surface area (Å²) in [6.45, 7) is 2.07. The number of benzene rings is 1. The van der Waals surface area contributed by atoms with Crippen molar-refractivity contribution in [3.05, 3.63) is 29.8 Å². The molecule has 154 valence electrons. The Balaban J connectivity index is 1.53. The normalized spacial score (nSPS) is 42.5. The van der Waals surface area contributed by atoms with E-state index in [-0.39, 0.29) is 11.4 Å². The van der Waals surface area contributed by atoms with Crippen molar-refractivity contribution < 1.29 is 26.9 Å². The van der Waals surface area contributed by atoms with Gasteiger partial charge < -0.3 is 4.18 Å². The highest BCUT2D eigenvalue weighted by Gasteiger charge is 2.73. The number of rotatable bonds is 3. The standard InChI is InChI=1S/C21H28O6S/c1-20(15-7-4-9-17(13-15)25-28(22,23)24)21(27-26-20)16-8-5-11-19(21)18-10-3-2-6-14(18)12-16/h4,7,9,13-14,16,18-19H,2-3,5-6,8,10-12H2,1H3,(H,22,23,24). The van der Waals surface area contributed by atoms with E-state index in [2.05, 4.69) is 6.92 Å². The molecule has 4 aliphatic rings. The molecule has 1 spiro atoms. The molecule has 6 nitrogen and oxygen atoms in total. The van der Waals surface area contributed by atoms with Gasteiger partial charge in [0.15, 0.2) is 5.60 Å². The maximum atomic E-state index is 11.1. The summed E-state index contributed by atoms with van der Waals surface area (Å²) in [6.07, 6.45) is 10.0. The van der Waals surface area contributed by atoms with Crippen LogP contribution in [-0.2, 0) is 25.8 Å². The minimum atomic E-state index is -4.56. The molecule has 0 amide bonds. The summed E-state index contributed by atoms with van der Waals surface area (Å²) in [7, 11) is -4.56. The molecule has 0 radical (unpaired) electrons. The summed E-state index contributed by atoms with van der Waals surface area (Å²) in [4.78, 5) is 11.9. The van der Waals surface area contributed by atoms with E-state index in [1.54, 1.807) is 12.1 Å². The van der Waals surface area contributed by atoms with Crippen LogP contribution in [0.15, 0.2) is 24.3 Å². The van der Waals surface area contributed by atoms with Gasteiger partial charge in [0.1, 0.15) is 11.4 Å². The fourth-order valence-electron chi connectivity index (χ4n) is 6.94. The molecule has 1 heterocycles. The molecule has 1 N–H and O–H groups in total. The van der Waals surface area contributed by atoms with E-state index in [0.29, 0.717) is 17.8 Å². The molecule has 1 aliphatic heterocycles. The molecule has 1 aromatic carbocycles. The Morgan fingerprint density at radius 3 is 2.68 bits per heavy atom. The van der Waals surface area contributed by atoms with Crippen molar-refractivity contribution >= 4 is 10.4 Å². The molecule has 3 aliphatic carbocycles. The Bertz CT molecular complexity index is 869. The zero-order valence-corrected chi connectivity index (χ0v) is 17.0. The predicted molar refractivity (Wildman–Crippen MR) is 102 cm³/mol. The van der Waals surface area contributed by atoms with Crippen molar-refractivity contribution in [1.82, 2.24) is 0 Å². The van der Waals surface area contributed by atoms with Crippen molar-refractivity contribution in [2.24, 2.45) is 23.7 Å². The van der Waals surface area contributed by atoms with Gasteiger partial charge in [0.25, 0.3) is 0 Å². The second kappa shape index (κ2) is 6.42. The number of fused-ring (bicyclic) bond motifs is 2. The predicted octanol–water partition coefficient (Wildman–Crippen LogP) is 4.41. The number of hydrogen-bond donors (Lipinski definition) is 1. The highest BCUT2D eigenvalue weighted by Crippen LogP contribution is 2.67. The van der Waals surface area contributed by atoms with Gasteiger partial charge in [-0.3, -0.25) is 4.55 Å². The second-order valence-corrected chi connectivity index (χ2v) is 10.2. The fraction of sp³-hybridized carbons (Fsp3) is 0.714. The van der Waals surface area contributed by atoms with Crippen molar-refractivity contribution in [2.45, 2.75) is 69.5 Å². The lowest BCUT2D eigenvalue weighted by atomic mass is 9.46. The zero-order valence-electron chi connectivity index (χ0n) is 16.2. The Kier molecular flexibility index (Phi) is 4.32. The summed E-state index contributed by atoms with van der Waals surface area (Å²) < 4.78 is 36.0. The number of hydrogen-bond acceptors (Lipinski definition) is 5. The van der Waals surface area contributed by atoms with Crippen LogP contribution < -0.4 is 4.18 Å². The maximum Gasteiger partial charge on any atom is 0.446 e. The first-order chi connectivity index (χ1) is 13.3. The Morgan fingerprint density at radius 2 is 1.93 bits per heavy atom. The summed E-state index contributed by atoms with van der Waals surface area (Å²) in [5.74, 6) is 2.50. The lowest BCUT2D eigenvalue weighted by molar-refractivity contribution is -0.590. The van der Waals surface area contributed by atoms with Crippen LogP contribution in [0.5, 0.6) is 5.75 Å². The average Bonchev–Trinajstić information content (AvgIpc) is 2.65. The molecule has 1 aromatic rings. The third-order valence-corrected chi connectivity index (χ3v) is 8.38. The molecule has 5 rings (SSSR count). The molecular weight excluding hydrogens is 380 g/mol. The van der Waals surface area contributed by atoms with Crippen LogP contribution in [0.2, 0.25) is 0 Å². The van der Waals surface area contributed by atoms with E-state index < -0.39 is 16.0 Å². The molecule has 1 saturated heterocycles. The van der Waals surface area contributed by atoms with Gasteiger partial charge >= 0.3 is 10.4 Å². The quantitative estimate of drug-likeness (QED) is 0.589. The Morgan fingerprint density at radius 1 is 1.11 bits per heavy atom. The van der Waals surface area contributed by atoms with Gasteiger partial charge in [-0.1, -0.05) is 37.8 Å².